The summed E-state index contributed by atoms with van der Waals surface area (Å²) in [7, 11) is 0. The van der Waals surface area contributed by atoms with E-state index in [9.17, 15) is 13.6 Å². The predicted octanol–water partition coefficient (Wildman–Crippen LogP) is 3.49. The van der Waals surface area contributed by atoms with Crippen LogP contribution in [0.25, 0.3) is 0 Å². The molecule has 98 valence electrons. The molecule has 5 heteroatoms. The molecule has 1 amide bonds. The number of likely N-dealkylation sites (tertiary alicyclic amines) is 1. The summed E-state index contributed by atoms with van der Waals surface area (Å²) in [6.07, 6.45) is 2.00. The first-order chi connectivity index (χ1) is 8.49. The van der Waals surface area contributed by atoms with Crippen LogP contribution in [-0.4, -0.2) is 23.9 Å². The molecular formula is C13H14ClF2NO. The molecule has 0 radical (unpaired) electrons. The minimum atomic E-state index is -1.05. The summed E-state index contributed by atoms with van der Waals surface area (Å²) < 4.78 is 26.1. The van der Waals surface area contributed by atoms with Gasteiger partial charge in [-0.15, -0.1) is 0 Å². The van der Waals surface area contributed by atoms with Crippen LogP contribution in [0.4, 0.5) is 8.78 Å². The van der Waals surface area contributed by atoms with Crippen LogP contribution in [0.1, 0.15) is 30.1 Å². The highest BCUT2D eigenvalue weighted by molar-refractivity contribution is 6.33. The molecular weight excluding hydrogens is 260 g/mol. The van der Waals surface area contributed by atoms with Crippen molar-refractivity contribution in [1.29, 1.82) is 0 Å². The number of amides is 1. The van der Waals surface area contributed by atoms with E-state index in [0.29, 0.717) is 19.0 Å². The third kappa shape index (κ3) is 2.64. The van der Waals surface area contributed by atoms with E-state index >= 15 is 0 Å². The molecule has 1 aliphatic rings. The molecule has 1 aromatic carbocycles. The summed E-state index contributed by atoms with van der Waals surface area (Å²) in [6.45, 7) is 3.33. The number of carbonyl (C=O) groups is 1. The van der Waals surface area contributed by atoms with Crippen LogP contribution in [-0.2, 0) is 0 Å². The van der Waals surface area contributed by atoms with Gasteiger partial charge < -0.3 is 4.90 Å². The maximum Gasteiger partial charge on any atom is 0.255 e. The van der Waals surface area contributed by atoms with Gasteiger partial charge in [0.15, 0.2) is 11.6 Å². The van der Waals surface area contributed by atoms with Crippen LogP contribution in [0, 0.1) is 17.6 Å². The molecule has 1 aromatic rings. The van der Waals surface area contributed by atoms with Crippen molar-refractivity contribution in [2.24, 2.45) is 5.92 Å². The zero-order valence-corrected chi connectivity index (χ0v) is 10.8. The molecule has 1 heterocycles. The highest BCUT2D eigenvalue weighted by Crippen LogP contribution is 2.24. The fourth-order valence-corrected chi connectivity index (χ4v) is 2.46. The summed E-state index contributed by atoms with van der Waals surface area (Å²) >= 11 is 5.80. The Bertz CT molecular complexity index is 478. The van der Waals surface area contributed by atoms with Crippen molar-refractivity contribution in [3.8, 4) is 0 Å². The Kier molecular flexibility index (Phi) is 3.85. The highest BCUT2D eigenvalue weighted by atomic mass is 35.5. The molecule has 0 aromatic heterocycles. The van der Waals surface area contributed by atoms with E-state index in [0.717, 1.165) is 25.0 Å². The molecule has 1 fully saturated rings. The van der Waals surface area contributed by atoms with E-state index in [1.807, 2.05) is 0 Å². The Morgan fingerprint density at radius 1 is 1.39 bits per heavy atom. The number of nitrogens with zero attached hydrogens (tertiary/aromatic N) is 1. The van der Waals surface area contributed by atoms with Gasteiger partial charge in [0, 0.05) is 13.1 Å². The van der Waals surface area contributed by atoms with Gasteiger partial charge in [-0.05, 0) is 30.9 Å². The van der Waals surface area contributed by atoms with Gasteiger partial charge in [0.25, 0.3) is 5.91 Å². The van der Waals surface area contributed by atoms with Gasteiger partial charge >= 0.3 is 0 Å². The van der Waals surface area contributed by atoms with Crippen LogP contribution in [0.5, 0.6) is 0 Å². The molecule has 18 heavy (non-hydrogen) atoms. The van der Waals surface area contributed by atoms with Gasteiger partial charge in [0.05, 0.1) is 10.6 Å². The lowest BCUT2D eigenvalue weighted by Crippen LogP contribution is -2.39. The van der Waals surface area contributed by atoms with E-state index in [4.69, 9.17) is 11.6 Å². The normalized spacial score (nSPS) is 20.0. The Morgan fingerprint density at radius 2 is 2.06 bits per heavy atom. The molecule has 0 saturated carbocycles. The number of hydrogen-bond acceptors (Lipinski definition) is 1. The first kappa shape index (κ1) is 13.3. The third-order valence-corrected chi connectivity index (χ3v) is 3.50. The summed E-state index contributed by atoms with van der Waals surface area (Å²) in [6, 6.07) is 1.72. The minimum absolute atomic E-state index is 0.0321. The average Bonchev–Trinajstić information content (AvgIpc) is 2.33. The van der Waals surface area contributed by atoms with Gasteiger partial charge in [-0.1, -0.05) is 18.5 Å². The van der Waals surface area contributed by atoms with Gasteiger partial charge in [-0.3, -0.25) is 4.79 Å². The fourth-order valence-electron chi connectivity index (χ4n) is 2.23. The summed E-state index contributed by atoms with van der Waals surface area (Å²) in [4.78, 5) is 13.8. The Balaban J connectivity index is 2.25. The number of carbonyl (C=O) groups excluding carboxylic acids is 1. The van der Waals surface area contributed by atoms with Crippen molar-refractivity contribution in [3.05, 3.63) is 34.4 Å². The second kappa shape index (κ2) is 5.22. The Labute approximate surface area is 110 Å². The van der Waals surface area contributed by atoms with Gasteiger partial charge in [0.2, 0.25) is 0 Å². The maximum atomic E-state index is 13.2. The Morgan fingerprint density at radius 3 is 2.72 bits per heavy atom. The third-order valence-electron chi connectivity index (χ3n) is 3.18. The number of halogens is 3. The number of rotatable bonds is 1. The van der Waals surface area contributed by atoms with Crippen LogP contribution in [0.2, 0.25) is 5.02 Å². The lowest BCUT2D eigenvalue weighted by molar-refractivity contribution is 0.0682. The van der Waals surface area contributed by atoms with Crippen LogP contribution in [0.15, 0.2) is 12.1 Å². The van der Waals surface area contributed by atoms with Crippen molar-refractivity contribution < 1.29 is 13.6 Å². The van der Waals surface area contributed by atoms with Crippen molar-refractivity contribution in [1.82, 2.24) is 4.90 Å². The topological polar surface area (TPSA) is 20.3 Å². The summed E-state index contributed by atoms with van der Waals surface area (Å²) in [5.74, 6) is -1.99. The Hall–Kier alpha value is -1.16. The van der Waals surface area contributed by atoms with E-state index in [-0.39, 0.29) is 16.5 Å². The van der Waals surface area contributed by atoms with E-state index in [2.05, 4.69) is 6.92 Å². The largest absolute Gasteiger partial charge is 0.338 e. The summed E-state index contributed by atoms with van der Waals surface area (Å²) in [5.41, 5.74) is 0.0321. The molecule has 2 nitrogen and oxygen atoms in total. The molecule has 0 spiro atoms. The zero-order chi connectivity index (χ0) is 13.3. The number of benzene rings is 1. The van der Waals surface area contributed by atoms with Gasteiger partial charge in [-0.25, -0.2) is 8.78 Å². The monoisotopic (exact) mass is 273 g/mol. The smallest absolute Gasteiger partial charge is 0.255 e. The van der Waals surface area contributed by atoms with Gasteiger partial charge in [-0.2, -0.15) is 0 Å². The quantitative estimate of drug-likeness (QED) is 0.717. The molecule has 0 unspecified atom stereocenters. The lowest BCUT2D eigenvalue weighted by Gasteiger charge is -2.31. The van der Waals surface area contributed by atoms with E-state index in [1.165, 1.54) is 0 Å². The molecule has 1 aliphatic heterocycles. The average molecular weight is 274 g/mol. The standard InChI is InChI=1S/C13H14ClF2NO/c1-8-3-2-4-17(7-8)13(18)9-5-11(15)12(16)6-10(9)14/h5-6,8H,2-4,7H2,1H3/t8-/m1/s1. The lowest BCUT2D eigenvalue weighted by atomic mass is 9.99. The molecule has 0 aliphatic carbocycles. The van der Waals surface area contributed by atoms with Crippen LogP contribution >= 0.6 is 11.6 Å². The molecule has 2 rings (SSSR count). The van der Waals surface area contributed by atoms with Crippen molar-refractivity contribution in [2.45, 2.75) is 19.8 Å². The van der Waals surface area contributed by atoms with Gasteiger partial charge in [0.1, 0.15) is 0 Å². The zero-order valence-electron chi connectivity index (χ0n) is 10.0. The van der Waals surface area contributed by atoms with E-state index in [1.54, 1.807) is 4.90 Å². The first-order valence-electron chi connectivity index (χ1n) is 5.93. The maximum absolute atomic E-state index is 13.2. The summed E-state index contributed by atoms with van der Waals surface area (Å²) in [5, 5.41) is -0.0443. The number of hydrogen-bond donors (Lipinski definition) is 0. The molecule has 0 N–H and O–H groups in total. The van der Waals surface area contributed by atoms with Crippen LogP contribution < -0.4 is 0 Å². The molecule has 0 bridgehead atoms. The first-order valence-corrected chi connectivity index (χ1v) is 6.30. The minimum Gasteiger partial charge on any atom is -0.338 e. The second-order valence-electron chi connectivity index (χ2n) is 4.74. The van der Waals surface area contributed by atoms with E-state index < -0.39 is 11.6 Å². The SMILES string of the molecule is C[C@@H]1CCCN(C(=O)c2cc(F)c(F)cc2Cl)C1. The molecule has 1 saturated heterocycles. The van der Waals surface area contributed by atoms with Crippen molar-refractivity contribution in [2.75, 3.05) is 13.1 Å². The molecule has 1 atom stereocenters. The van der Waals surface area contributed by atoms with Crippen molar-refractivity contribution >= 4 is 17.5 Å². The second-order valence-corrected chi connectivity index (χ2v) is 5.15. The highest BCUT2D eigenvalue weighted by Gasteiger charge is 2.24. The van der Waals surface area contributed by atoms with Crippen molar-refractivity contribution in [3.63, 3.8) is 0 Å². The van der Waals surface area contributed by atoms with Crippen LogP contribution in [0.3, 0.4) is 0 Å². The predicted molar refractivity (Wildman–Crippen MR) is 65.7 cm³/mol. The number of piperidine rings is 1. The fraction of sp³-hybridized carbons (Fsp3) is 0.462.